The third-order valence-corrected chi connectivity index (χ3v) is 1.96. The second-order valence-corrected chi connectivity index (χ2v) is 4.82. The van der Waals surface area contributed by atoms with Crippen LogP contribution in [0, 0.1) is 12.3 Å². The maximum atomic E-state index is 6.00. The molecule has 13 heavy (non-hydrogen) atoms. The normalized spacial score (nSPS) is 14.5. The Labute approximate surface area is 80.1 Å². The number of furan rings is 1. The van der Waals surface area contributed by atoms with Crippen LogP contribution in [-0.4, -0.2) is 0 Å². The molecule has 74 valence electrons. The predicted octanol–water partition coefficient (Wildman–Crippen LogP) is 3.02. The molecular formula is C11H19NO. The molecule has 0 aliphatic carbocycles. The highest BCUT2D eigenvalue weighted by Crippen LogP contribution is 2.28. The van der Waals surface area contributed by atoms with Gasteiger partial charge in [-0.2, -0.15) is 0 Å². The SMILES string of the molecule is Cc1ccc([C@H](N)CC(C)(C)C)o1. The van der Waals surface area contributed by atoms with Crippen molar-refractivity contribution in [2.75, 3.05) is 0 Å². The van der Waals surface area contributed by atoms with Gasteiger partial charge in [0.25, 0.3) is 0 Å². The fraction of sp³-hybridized carbons (Fsp3) is 0.636. The molecular weight excluding hydrogens is 162 g/mol. The fourth-order valence-corrected chi connectivity index (χ4v) is 1.41. The summed E-state index contributed by atoms with van der Waals surface area (Å²) in [6.45, 7) is 8.49. The largest absolute Gasteiger partial charge is 0.465 e. The van der Waals surface area contributed by atoms with Crippen molar-refractivity contribution in [2.45, 2.75) is 40.2 Å². The molecule has 1 atom stereocenters. The summed E-state index contributed by atoms with van der Waals surface area (Å²) in [4.78, 5) is 0. The second kappa shape index (κ2) is 3.54. The van der Waals surface area contributed by atoms with Crippen molar-refractivity contribution in [3.63, 3.8) is 0 Å². The molecule has 1 heterocycles. The van der Waals surface area contributed by atoms with Gasteiger partial charge >= 0.3 is 0 Å². The van der Waals surface area contributed by atoms with E-state index < -0.39 is 0 Å². The van der Waals surface area contributed by atoms with E-state index in [1.807, 2.05) is 19.1 Å². The zero-order valence-corrected chi connectivity index (χ0v) is 8.92. The summed E-state index contributed by atoms with van der Waals surface area (Å²) in [5, 5.41) is 0. The Morgan fingerprint density at radius 3 is 2.38 bits per heavy atom. The first-order valence-corrected chi connectivity index (χ1v) is 4.70. The van der Waals surface area contributed by atoms with Gasteiger partial charge in [-0.3, -0.25) is 0 Å². The quantitative estimate of drug-likeness (QED) is 0.761. The molecule has 2 N–H and O–H groups in total. The molecule has 0 bridgehead atoms. The Bertz CT molecular complexity index is 270. The highest BCUT2D eigenvalue weighted by Gasteiger charge is 2.18. The molecule has 2 nitrogen and oxygen atoms in total. The fourth-order valence-electron chi connectivity index (χ4n) is 1.41. The van der Waals surface area contributed by atoms with Crippen LogP contribution in [0.15, 0.2) is 16.5 Å². The zero-order valence-electron chi connectivity index (χ0n) is 8.92. The minimum absolute atomic E-state index is 0.0219. The lowest BCUT2D eigenvalue weighted by Crippen LogP contribution is -2.18. The second-order valence-electron chi connectivity index (χ2n) is 4.82. The molecule has 0 aliphatic heterocycles. The standard InChI is InChI=1S/C11H19NO/c1-8-5-6-10(13-8)9(12)7-11(2,3)4/h5-6,9H,7,12H2,1-4H3/t9-/m1/s1. The van der Waals surface area contributed by atoms with Gasteiger partial charge in [0.15, 0.2) is 0 Å². The summed E-state index contributed by atoms with van der Waals surface area (Å²) < 4.78 is 5.47. The van der Waals surface area contributed by atoms with E-state index in [9.17, 15) is 0 Å². The van der Waals surface area contributed by atoms with Crippen molar-refractivity contribution in [3.8, 4) is 0 Å². The smallest absolute Gasteiger partial charge is 0.120 e. The van der Waals surface area contributed by atoms with Crippen molar-refractivity contribution in [1.82, 2.24) is 0 Å². The van der Waals surface area contributed by atoms with E-state index >= 15 is 0 Å². The van der Waals surface area contributed by atoms with Crippen molar-refractivity contribution in [3.05, 3.63) is 23.7 Å². The molecule has 1 rings (SSSR count). The highest BCUT2D eigenvalue weighted by atomic mass is 16.3. The molecule has 0 aliphatic rings. The summed E-state index contributed by atoms with van der Waals surface area (Å²) in [5.74, 6) is 1.83. The maximum Gasteiger partial charge on any atom is 0.120 e. The van der Waals surface area contributed by atoms with E-state index in [0.29, 0.717) is 0 Å². The lowest BCUT2D eigenvalue weighted by Gasteiger charge is -2.21. The van der Waals surface area contributed by atoms with Crippen LogP contribution in [0.2, 0.25) is 0 Å². The summed E-state index contributed by atoms with van der Waals surface area (Å²) in [7, 11) is 0. The topological polar surface area (TPSA) is 39.2 Å². The molecule has 2 heteroatoms. The number of rotatable bonds is 2. The van der Waals surface area contributed by atoms with Crippen molar-refractivity contribution in [2.24, 2.45) is 11.1 Å². The first-order valence-electron chi connectivity index (χ1n) is 4.70. The van der Waals surface area contributed by atoms with Crippen LogP contribution in [0.5, 0.6) is 0 Å². The van der Waals surface area contributed by atoms with Gasteiger partial charge in [-0.1, -0.05) is 20.8 Å². The molecule has 0 saturated heterocycles. The Kier molecular flexibility index (Phi) is 2.81. The van der Waals surface area contributed by atoms with Gasteiger partial charge in [-0.25, -0.2) is 0 Å². The van der Waals surface area contributed by atoms with Crippen LogP contribution in [0.1, 0.15) is 44.8 Å². The van der Waals surface area contributed by atoms with E-state index in [-0.39, 0.29) is 11.5 Å². The van der Waals surface area contributed by atoms with Gasteiger partial charge < -0.3 is 10.2 Å². The van der Waals surface area contributed by atoms with E-state index in [4.69, 9.17) is 10.2 Å². The van der Waals surface area contributed by atoms with Crippen LogP contribution in [0.4, 0.5) is 0 Å². The van der Waals surface area contributed by atoms with Gasteiger partial charge in [0, 0.05) is 0 Å². The van der Waals surface area contributed by atoms with Crippen LogP contribution in [-0.2, 0) is 0 Å². The summed E-state index contributed by atoms with van der Waals surface area (Å²) in [6, 6.07) is 3.94. The minimum atomic E-state index is 0.0219. The van der Waals surface area contributed by atoms with Crippen molar-refractivity contribution in [1.29, 1.82) is 0 Å². The van der Waals surface area contributed by atoms with Gasteiger partial charge in [0.2, 0.25) is 0 Å². The van der Waals surface area contributed by atoms with Crippen LogP contribution >= 0.6 is 0 Å². The molecule has 0 saturated carbocycles. The van der Waals surface area contributed by atoms with Crippen LogP contribution in [0.25, 0.3) is 0 Å². The first kappa shape index (κ1) is 10.3. The van der Waals surface area contributed by atoms with Crippen molar-refractivity contribution < 1.29 is 4.42 Å². The molecule has 1 aromatic rings. The van der Waals surface area contributed by atoms with E-state index in [2.05, 4.69) is 20.8 Å². The molecule has 0 amide bonds. The first-order chi connectivity index (χ1) is 5.88. The Hall–Kier alpha value is -0.760. The lowest BCUT2D eigenvalue weighted by molar-refractivity contribution is 0.314. The number of nitrogens with two attached hydrogens (primary N) is 1. The maximum absolute atomic E-state index is 6.00. The third kappa shape index (κ3) is 3.23. The number of aryl methyl sites for hydroxylation is 1. The molecule has 0 radical (unpaired) electrons. The molecule has 1 aromatic heterocycles. The van der Waals surface area contributed by atoms with E-state index in [1.54, 1.807) is 0 Å². The van der Waals surface area contributed by atoms with Crippen LogP contribution < -0.4 is 5.73 Å². The minimum Gasteiger partial charge on any atom is -0.465 e. The Morgan fingerprint density at radius 2 is 2.00 bits per heavy atom. The predicted molar refractivity (Wildman–Crippen MR) is 54.4 cm³/mol. The molecule has 0 unspecified atom stereocenters. The van der Waals surface area contributed by atoms with Gasteiger partial charge in [0.1, 0.15) is 11.5 Å². The Morgan fingerprint density at radius 1 is 1.38 bits per heavy atom. The summed E-state index contributed by atoms with van der Waals surface area (Å²) in [5.41, 5.74) is 6.25. The average molecular weight is 181 g/mol. The lowest BCUT2D eigenvalue weighted by atomic mass is 9.88. The van der Waals surface area contributed by atoms with E-state index in [0.717, 1.165) is 17.9 Å². The number of hydrogen-bond donors (Lipinski definition) is 1. The molecule has 0 fully saturated rings. The summed E-state index contributed by atoms with van der Waals surface area (Å²) in [6.07, 6.45) is 0.944. The monoisotopic (exact) mass is 181 g/mol. The molecule has 0 spiro atoms. The molecule has 0 aromatic carbocycles. The van der Waals surface area contributed by atoms with Gasteiger partial charge in [-0.15, -0.1) is 0 Å². The average Bonchev–Trinajstić information content (AvgIpc) is 2.31. The van der Waals surface area contributed by atoms with Crippen LogP contribution in [0.3, 0.4) is 0 Å². The number of hydrogen-bond acceptors (Lipinski definition) is 2. The Balaban J connectivity index is 2.64. The van der Waals surface area contributed by atoms with E-state index in [1.165, 1.54) is 0 Å². The van der Waals surface area contributed by atoms with Gasteiger partial charge in [0.05, 0.1) is 6.04 Å². The van der Waals surface area contributed by atoms with Crippen molar-refractivity contribution >= 4 is 0 Å². The third-order valence-electron chi connectivity index (χ3n) is 1.96. The van der Waals surface area contributed by atoms with Gasteiger partial charge in [-0.05, 0) is 30.9 Å². The summed E-state index contributed by atoms with van der Waals surface area (Å²) >= 11 is 0. The zero-order chi connectivity index (χ0) is 10.1. The highest BCUT2D eigenvalue weighted by molar-refractivity contribution is 5.09.